The Hall–Kier alpha value is -1.81. The van der Waals surface area contributed by atoms with Gasteiger partial charge in [0.25, 0.3) is 0 Å². The number of amides is 2. The van der Waals surface area contributed by atoms with Gasteiger partial charge in [-0.05, 0) is 30.8 Å². The van der Waals surface area contributed by atoms with Gasteiger partial charge in [0.1, 0.15) is 12.1 Å². The standard InChI is InChI=1S/C16H29N3O6S/c1-4-9(2)13(17)15(23)18-10(7-8-26-3)14(22)19-11(16(24)25)5-6-12(20)21/h9-11,13H,4-8,17H2,1-3H3,(H,18,23)(H,19,22)(H,20,21)(H,24,25). The SMILES string of the molecule is CCC(C)C(N)C(=O)NC(CCSC)C(=O)NC(CCC(=O)O)C(=O)O. The van der Waals surface area contributed by atoms with Crippen LogP contribution in [0.15, 0.2) is 0 Å². The third kappa shape index (κ3) is 9.04. The first-order chi connectivity index (χ1) is 12.1. The van der Waals surface area contributed by atoms with Crippen molar-refractivity contribution >= 4 is 35.5 Å². The number of nitrogens with two attached hydrogens (primary N) is 1. The highest BCUT2D eigenvalue weighted by molar-refractivity contribution is 7.98. The molecule has 0 spiro atoms. The Balaban J connectivity index is 5.02. The van der Waals surface area contributed by atoms with Crippen LogP contribution in [0, 0.1) is 5.92 Å². The van der Waals surface area contributed by atoms with E-state index in [2.05, 4.69) is 10.6 Å². The number of aliphatic carboxylic acids is 2. The lowest BCUT2D eigenvalue weighted by Crippen LogP contribution is -2.55. The smallest absolute Gasteiger partial charge is 0.326 e. The Morgan fingerprint density at radius 1 is 1.04 bits per heavy atom. The molecule has 0 aliphatic carbocycles. The molecule has 0 aromatic carbocycles. The largest absolute Gasteiger partial charge is 0.481 e. The molecule has 10 heteroatoms. The Labute approximate surface area is 157 Å². The number of hydrogen-bond acceptors (Lipinski definition) is 6. The molecule has 0 aliphatic rings. The molecule has 0 rings (SSSR count). The number of thioether (sulfide) groups is 1. The summed E-state index contributed by atoms with van der Waals surface area (Å²) >= 11 is 1.48. The maximum atomic E-state index is 12.4. The van der Waals surface area contributed by atoms with Crippen LogP contribution in [-0.2, 0) is 19.2 Å². The second-order valence-corrected chi connectivity index (χ2v) is 7.07. The van der Waals surface area contributed by atoms with Gasteiger partial charge in [-0.25, -0.2) is 4.79 Å². The predicted octanol–water partition coefficient (Wildman–Crippen LogP) is 0.0319. The van der Waals surface area contributed by atoms with E-state index >= 15 is 0 Å². The summed E-state index contributed by atoms with van der Waals surface area (Å²) in [4.78, 5) is 46.5. The summed E-state index contributed by atoms with van der Waals surface area (Å²) in [6.07, 6.45) is 2.21. The summed E-state index contributed by atoms with van der Waals surface area (Å²) in [6.45, 7) is 3.73. The van der Waals surface area contributed by atoms with Crippen molar-refractivity contribution in [1.82, 2.24) is 10.6 Å². The van der Waals surface area contributed by atoms with E-state index < -0.39 is 48.3 Å². The number of carboxylic acids is 2. The van der Waals surface area contributed by atoms with E-state index in [9.17, 15) is 19.2 Å². The molecule has 0 aromatic rings. The summed E-state index contributed by atoms with van der Waals surface area (Å²) in [6, 6.07) is -3.04. The van der Waals surface area contributed by atoms with E-state index in [1.54, 1.807) is 0 Å². The normalized spacial score (nSPS) is 15.4. The molecule has 0 saturated carbocycles. The Bertz CT molecular complexity index is 502. The topological polar surface area (TPSA) is 159 Å². The van der Waals surface area contributed by atoms with Gasteiger partial charge in [-0.1, -0.05) is 20.3 Å². The van der Waals surface area contributed by atoms with E-state index in [0.29, 0.717) is 18.6 Å². The van der Waals surface area contributed by atoms with Crippen LogP contribution in [0.25, 0.3) is 0 Å². The van der Waals surface area contributed by atoms with E-state index in [1.807, 2.05) is 20.1 Å². The van der Waals surface area contributed by atoms with Crippen LogP contribution in [0.2, 0.25) is 0 Å². The van der Waals surface area contributed by atoms with Gasteiger partial charge in [0.15, 0.2) is 0 Å². The first-order valence-electron chi connectivity index (χ1n) is 8.43. The number of nitrogens with one attached hydrogen (secondary N) is 2. The minimum atomic E-state index is -1.34. The highest BCUT2D eigenvalue weighted by Gasteiger charge is 2.29. The summed E-state index contributed by atoms with van der Waals surface area (Å²) in [5.41, 5.74) is 5.87. The van der Waals surface area contributed by atoms with Gasteiger partial charge in [-0.3, -0.25) is 14.4 Å². The van der Waals surface area contributed by atoms with E-state index in [-0.39, 0.29) is 12.3 Å². The molecule has 0 fully saturated rings. The third-order valence-corrected chi connectivity index (χ3v) is 4.71. The zero-order valence-corrected chi connectivity index (χ0v) is 16.2. The minimum Gasteiger partial charge on any atom is -0.481 e. The van der Waals surface area contributed by atoms with Crippen LogP contribution in [0.3, 0.4) is 0 Å². The summed E-state index contributed by atoms with van der Waals surface area (Å²) in [7, 11) is 0. The highest BCUT2D eigenvalue weighted by atomic mass is 32.2. The average molecular weight is 391 g/mol. The van der Waals surface area contributed by atoms with E-state index in [1.165, 1.54) is 11.8 Å². The van der Waals surface area contributed by atoms with Crippen molar-refractivity contribution in [3.8, 4) is 0 Å². The number of carboxylic acid groups (broad SMARTS) is 2. The van der Waals surface area contributed by atoms with Crippen molar-refractivity contribution in [2.45, 2.75) is 57.7 Å². The lowest BCUT2D eigenvalue weighted by molar-refractivity contribution is -0.143. The molecule has 0 saturated heterocycles. The van der Waals surface area contributed by atoms with Crippen LogP contribution < -0.4 is 16.4 Å². The Kier molecular flexibility index (Phi) is 11.7. The fourth-order valence-corrected chi connectivity index (χ4v) is 2.55. The van der Waals surface area contributed by atoms with E-state index in [0.717, 1.165) is 0 Å². The molecular weight excluding hydrogens is 362 g/mol. The number of carbonyl (C=O) groups excluding carboxylic acids is 2. The lowest BCUT2D eigenvalue weighted by Gasteiger charge is -2.24. The number of hydrogen-bond donors (Lipinski definition) is 5. The van der Waals surface area contributed by atoms with Crippen molar-refractivity contribution in [2.24, 2.45) is 11.7 Å². The first-order valence-corrected chi connectivity index (χ1v) is 9.83. The summed E-state index contributed by atoms with van der Waals surface area (Å²) < 4.78 is 0. The zero-order valence-electron chi connectivity index (χ0n) is 15.4. The molecule has 4 unspecified atom stereocenters. The van der Waals surface area contributed by atoms with Crippen molar-refractivity contribution < 1.29 is 29.4 Å². The van der Waals surface area contributed by atoms with Crippen LogP contribution in [0.5, 0.6) is 0 Å². The average Bonchev–Trinajstić information content (AvgIpc) is 2.59. The van der Waals surface area contributed by atoms with Gasteiger partial charge in [0, 0.05) is 6.42 Å². The van der Waals surface area contributed by atoms with Gasteiger partial charge >= 0.3 is 11.9 Å². The van der Waals surface area contributed by atoms with Crippen molar-refractivity contribution in [3.05, 3.63) is 0 Å². The molecule has 0 aliphatic heterocycles. The highest BCUT2D eigenvalue weighted by Crippen LogP contribution is 2.08. The quantitative estimate of drug-likeness (QED) is 0.294. The Morgan fingerprint density at radius 3 is 2.08 bits per heavy atom. The maximum Gasteiger partial charge on any atom is 0.326 e. The number of carbonyl (C=O) groups is 4. The van der Waals surface area contributed by atoms with Gasteiger partial charge in [0.05, 0.1) is 6.04 Å². The van der Waals surface area contributed by atoms with Crippen molar-refractivity contribution in [3.63, 3.8) is 0 Å². The molecule has 0 bridgehead atoms. The minimum absolute atomic E-state index is 0.0680. The molecule has 150 valence electrons. The van der Waals surface area contributed by atoms with Gasteiger partial charge < -0.3 is 26.6 Å². The van der Waals surface area contributed by atoms with Crippen LogP contribution in [-0.4, -0.2) is 64.1 Å². The summed E-state index contributed by atoms with van der Waals surface area (Å²) in [5.74, 6) is -3.12. The van der Waals surface area contributed by atoms with E-state index in [4.69, 9.17) is 15.9 Å². The first kappa shape index (κ1) is 24.2. The molecule has 0 radical (unpaired) electrons. The van der Waals surface area contributed by atoms with Crippen molar-refractivity contribution in [1.29, 1.82) is 0 Å². The maximum absolute atomic E-state index is 12.4. The molecule has 0 heterocycles. The van der Waals surface area contributed by atoms with Gasteiger partial charge in [-0.15, -0.1) is 0 Å². The number of rotatable bonds is 13. The monoisotopic (exact) mass is 391 g/mol. The van der Waals surface area contributed by atoms with Crippen LogP contribution in [0.4, 0.5) is 0 Å². The molecular formula is C16H29N3O6S. The van der Waals surface area contributed by atoms with Gasteiger partial charge in [-0.2, -0.15) is 11.8 Å². The second kappa shape index (κ2) is 12.5. The predicted molar refractivity (Wildman–Crippen MR) is 98.8 cm³/mol. The van der Waals surface area contributed by atoms with Crippen LogP contribution >= 0.6 is 11.8 Å². The third-order valence-electron chi connectivity index (χ3n) is 4.06. The summed E-state index contributed by atoms with van der Waals surface area (Å²) in [5, 5.41) is 22.7. The fourth-order valence-electron chi connectivity index (χ4n) is 2.08. The van der Waals surface area contributed by atoms with Crippen molar-refractivity contribution in [2.75, 3.05) is 12.0 Å². The van der Waals surface area contributed by atoms with Gasteiger partial charge in [0.2, 0.25) is 11.8 Å². The molecule has 26 heavy (non-hydrogen) atoms. The van der Waals surface area contributed by atoms with Crippen LogP contribution in [0.1, 0.15) is 39.5 Å². The Morgan fingerprint density at radius 2 is 1.62 bits per heavy atom. The fraction of sp³-hybridized carbons (Fsp3) is 0.750. The zero-order chi connectivity index (χ0) is 20.3. The molecule has 6 N–H and O–H groups in total. The molecule has 0 aromatic heterocycles. The second-order valence-electron chi connectivity index (χ2n) is 6.09. The molecule has 2 amide bonds. The molecule has 9 nitrogen and oxygen atoms in total. The molecule has 4 atom stereocenters. The lowest BCUT2D eigenvalue weighted by atomic mass is 9.99.